The molecule has 1 aliphatic rings. The van der Waals surface area contributed by atoms with Gasteiger partial charge in [0, 0.05) is 24.8 Å². The summed E-state index contributed by atoms with van der Waals surface area (Å²) in [7, 11) is 0. The summed E-state index contributed by atoms with van der Waals surface area (Å²) in [6, 6.07) is 7.78. The maximum atomic E-state index is 12.7. The molecule has 1 aromatic carbocycles. The Hall–Kier alpha value is -2.69. The van der Waals surface area contributed by atoms with E-state index in [2.05, 4.69) is 10.3 Å². The standard InChI is InChI=1S/C20H23N3O2/c1-12-6-5-7-17(14(12)3)23-11-16(10-18(23)24)20(25)22-19-13(2)8-9-21-15(19)4/h5-9,16H,10-11H2,1-4H3,(H,22,25). The van der Waals surface area contributed by atoms with Crippen LogP contribution in [0.3, 0.4) is 0 Å². The van der Waals surface area contributed by atoms with E-state index < -0.39 is 0 Å². The summed E-state index contributed by atoms with van der Waals surface area (Å²) in [6.07, 6.45) is 1.96. The van der Waals surface area contributed by atoms with Crippen molar-refractivity contribution < 1.29 is 9.59 Å². The molecule has 0 aliphatic carbocycles. The first-order valence-corrected chi connectivity index (χ1v) is 8.48. The summed E-state index contributed by atoms with van der Waals surface area (Å²) in [5, 5.41) is 2.96. The molecule has 1 fully saturated rings. The fourth-order valence-electron chi connectivity index (χ4n) is 3.25. The van der Waals surface area contributed by atoms with E-state index in [1.807, 2.05) is 52.0 Å². The molecular weight excluding hydrogens is 314 g/mol. The molecular formula is C20H23N3O2. The summed E-state index contributed by atoms with van der Waals surface area (Å²) in [5.41, 5.74) is 5.61. The van der Waals surface area contributed by atoms with Crippen molar-refractivity contribution in [2.24, 2.45) is 5.92 Å². The number of nitrogens with one attached hydrogen (secondary N) is 1. The summed E-state index contributed by atoms with van der Waals surface area (Å²) in [6.45, 7) is 8.25. The number of carbonyl (C=O) groups excluding carboxylic acids is 2. The van der Waals surface area contributed by atoms with Gasteiger partial charge in [-0.1, -0.05) is 12.1 Å². The van der Waals surface area contributed by atoms with Gasteiger partial charge in [0.15, 0.2) is 0 Å². The summed E-state index contributed by atoms with van der Waals surface area (Å²) in [5.74, 6) is -0.486. The molecule has 0 saturated carbocycles. The van der Waals surface area contributed by atoms with Crippen molar-refractivity contribution in [2.45, 2.75) is 34.1 Å². The Morgan fingerprint density at radius 3 is 2.64 bits per heavy atom. The van der Waals surface area contributed by atoms with Crippen molar-refractivity contribution in [1.29, 1.82) is 0 Å². The number of aromatic nitrogens is 1. The van der Waals surface area contributed by atoms with Crippen LogP contribution >= 0.6 is 0 Å². The van der Waals surface area contributed by atoms with Crippen LogP contribution in [0, 0.1) is 33.6 Å². The number of anilines is 2. The average molecular weight is 337 g/mol. The van der Waals surface area contributed by atoms with E-state index in [0.717, 1.165) is 33.8 Å². The molecule has 130 valence electrons. The first-order chi connectivity index (χ1) is 11.9. The molecule has 1 N–H and O–H groups in total. The lowest BCUT2D eigenvalue weighted by Crippen LogP contribution is -2.29. The van der Waals surface area contributed by atoms with Crippen molar-refractivity contribution >= 4 is 23.2 Å². The van der Waals surface area contributed by atoms with E-state index >= 15 is 0 Å². The van der Waals surface area contributed by atoms with Crippen molar-refractivity contribution in [2.75, 3.05) is 16.8 Å². The number of benzene rings is 1. The molecule has 1 atom stereocenters. The van der Waals surface area contributed by atoms with Crippen LogP contribution in [0.1, 0.15) is 28.8 Å². The van der Waals surface area contributed by atoms with Gasteiger partial charge in [-0.2, -0.15) is 0 Å². The number of amides is 2. The van der Waals surface area contributed by atoms with E-state index in [9.17, 15) is 9.59 Å². The quantitative estimate of drug-likeness (QED) is 0.935. The molecule has 3 rings (SSSR count). The number of rotatable bonds is 3. The number of hydrogen-bond acceptors (Lipinski definition) is 3. The highest BCUT2D eigenvalue weighted by molar-refractivity contribution is 6.04. The molecule has 1 aliphatic heterocycles. The summed E-state index contributed by atoms with van der Waals surface area (Å²) in [4.78, 5) is 31.1. The van der Waals surface area contributed by atoms with Crippen molar-refractivity contribution in [1.82, 2.24) is 4.98 Å². The highest BCUT2D eigenvalue weighted by atomic mass is 16.2. The highest BCUT2D eigenvalue weighted by Gasteiger charge is 2.36. The second kappa shape index (κ2) is 6.67. The lowest BCUT2D eigenvalue weighted by molar-refractivity contribution is -0.122. The lowest BCUT2D eigenvalue weighted by Gasteiger charge is -2.20. The maximum absolute atomic E-state index is 12.7. The van der Waals surface area contributed by atoms with Gasteiger partial charge in [0.25, 0.3) is 0 Å². The number of carbonyl (C=O) groups is 2. The van der Waals surface area contributed by atoms with Crippen molar-refractivity contribution in [3.63, 3.8) is 0 Å². The second-order valence-electron chi connectivity index (χ2n) is 6.70. The molecule has 0 spiro atoms. The fraction of sp³-hybridized carbons (Fsp3) is 0.350. The van der Waals surface area contributed by atoms with Gasteiger partial charge < -0.3 is 10.2 Å². The van der Waals surface area contributed by atoms with Gasteiger partial charge in [-0.15, -0.1) is 0 Å². The molecule has 2 heterocycles. The Morgan fingerprint density at radius 2 is 1.92 bits per heavy atom. The van der Waals surface area contributed by atoms with E-state index in [1.165, 1.54) is 0 Å². The highest BCUT2D eigenvalue weighted by Crippen LogP contribution is 2.30. The molecule has 1 unspecified atom stereocenters. The second-order valence-corrected chi connectivity index (χ2v) is 6.70. The number of nitrogens with zero attached hydrogens (tertiary/aromatic N) is 2. The van der Waals surface area contributed by atoms with Crippen LogP contribution in [-0.2, 0) is 9.59 Å². The largest absolute Gasteiger partial charge is 0.324 e. The molecule has 1 aromatic heterocycles. The zero-order valence-corrected chi connectivity index (χ0v) is 15.1. The first kappa shape index (κ1) is 17.1. The van der Waals surface area contributed by atoms with Crippen LogP contribution in [0.15, 0.2) is 30.5 Å². The van der Waals surface area contributed by atoms with Crippen LogP contribution in [0.25, 0.3) is 0 Å². The molecule has 2 aromatic rings. The minimum atomic E-state index is -0.355. The van der Waals surface area contributed by atoms with Gasteiger partial charge in [-0.3, -0.25) is 14.6 Å². The Bertz CT molecular complexity index is 825. The van der Waals surface area contributed by atoms with Crippen LogP contribution in [0.4, 0.5) is 11.4 Å². The van der Waals surface area contributed by atoms with Gasteiger partial charge in [0.05, 0.1) is 17.3 Å². The van der Waals surface area contributed by atoms with Crippen LogP contribution in [0.5, 0.6) is 0 Å². The average Bonchev–Trinajstić information content (AvgIpc) is 2.95. The molecule has 1 saturated heterocycles. The van der Waals surface area contributed by atoms with Crippen LogP contribution in [0.2, 0.25) is 0 Å². The smallest absolute Gasteiger partial charge is 0.229 e. The van der Waals surface area contributed by atoms with Gasteiger partial charge in [0.1, 0.15) is 0 Å². The van der Waals surface area contributed by atoms with E-state index in [-0.39, 0.29) is 24.2 Å². The van der Waals surface area contributed by atoms with Crippen molar-refractivity contribution in [3.05, 3.63) is 52.8 Å². The number of hydrogen-bond donors (Lipinski definition) is 1. The van der Waals surface area contributed by atoms with Gasteiger partial charge in [0.2, 0.25) is 11.8 Å². The Kier molecular flexibility index (Phi) is 4.57. The predicted octanol–water partition coefficient (Wildman–Crippen LogP) is 3.31. The zero-order chi connectivity index (χ0) is 18.1. The third kappa shape index (κ3) is 3.27. The molecule has 25 heavy (non-hydrogen) atoms. The zero-order valence-electron chi connectivity index (χ0n) is 15.1. The molecule has 0 radical (unpaired) electrons. The lowest BCUT2D eigenvalue weighted by atomic mass is 10.1. The van der Waals surface area contributed by atoms with Gasteiger partial charge >= 0.3 is 0 Å². The Balaban J connectivity index is 1.78. The molecule has 0 bridgehead atoms. The normalized spacial score (nSPS) is 17.0. The monoisotopic (exact) mass is 337 g/mol. The first-order valence-electron chi connectivity index (χ1n) is 8.48. The van der Waals surface area contributed by atoms with Crippen molar-refractivity contribution in [3.8, 4) is 0 Å². The molecule has 5 nitrogen and oxygen atoms in total. The topological polar surface area (TPSA) is 62.3 Å². The minimum absolute atomic E-state index is 0.00604. The third-order valence-electron chi connectivity index (χ3n) is 4.96. The molecule has 5 heteroatoms. The fourth-order valence-corrected chi connectivity index (χ4v) is 3.25. The predicted molar refractivity (Wildman–Crippen MR) is 98.7 cm³/mol. The number of aryl methyl sites for hydroxylation is 3. The van der Waals surface area contributed by atoms with Crippen LogP contribution < -0.4 is 10.2 Å². The summed E-state index contributed by atoms with van der Waals surface area (Å²) < 4.78 is 0. The summed E-state index contributed by atoms with van der Waals surface area (Å²) >= 11 is 0. The SMILES string of the molecule is Cc1cccc(N2CC(C(=O)Nc3c(C)ccnc3C)CC2=O)c1C. The third-order valence-corrected chi connectivity index (χ3v) is 4.96. The minimum Gasteiger partial charge on any atom is -0.324 e. The van der Waals surface area contributed by atoms with E-state index in [1.54, 1.807) is 11.1 Å². The maximum Gasteiger partial charge on any atom is 0.229 e. The van der Waals surface area contributed by atoms with Crippen LogP contribution in [-0.4, -0.2) is 23.3 Å². The van der Waals surface area contributed by atoms with Gasteiger partial charge in [-0.05, 0) is 56.5 Å². The Morgan fingerprint density at radius 1 is 1.16 bits per heavy atom. The van der Waals surface area contributed by atoms with E-state index in [0.29, 0.717) is 6.54 Å². The van der Waals surface area contributed by atoms with E-state index in [4.69, 9.17) is 0 Å². The Labute approximate surface area is 148 Å². The number of pyridine rings is 1. The van der Waals surface area contributed by atoms with Gasteiger partial charge in [-0.25, -0.2) is 0 Å². The molecule has 2 amide bonds.